The summed E-state index contributed by atoms with van der Waals surface area (Å²) in [6.45, 7) is 1.85. The Kier molecular flexibility index (Phi) is 4.31. The van der Waals surface area contributed by atoms with Crippen LogP contribution in [0.5, 0.6) is 0 Å². The molecule has 1 N–H and O–H groups in total. The van der Waals surface area contributed by atoms with Crippen LogP contribution in [0.1, 0.15) is 11.5 Å². The number of hydrogen-bond donors (Lipinski definition) is 1. The van der Waals surface area contributed by atoms with Crippen LogP contribution in [-0.4, -0.2) is 27.4 Å². The van der Waals surface area contributed by atoms with E-state index in [9.17, 15) is 10.1 Å². The number of rotatable bonds is 5. The van der Waals surface area contributed by atoms with Crippen LogP contribution in [0.25, 0.3) is 0 Å². The number of anilines is 1. The van der Waals surface area contributed by atoms with E-state index in [0.29, 0.717) is 11.0 Å². The van der Waals surface area contributed by atoms with Gasteiger partial charge in [-0.15, -0.1) is 0 Å². The van der Waals surface area contributed by atoms with Crippen LogP contribution in [0.4, 0.5) is 11.7 Å². The third-order valence-electron chi connectivity index (χ3n) is 2.18. The van der Waals surface area contributed by atoms with Crippen LogP contribution < -0.4 is 5.43 Å². The third kappa shape index (κ3) is 3.54. The fraction of sp³-hybridized carbons (Fsp3) is 0.182. The van der Waals surface area contributed by atoms with Crippen molar-refractivity contribution < 1.29 is 9.34 Å². The van der Waals surface area contributed by atoms with Gasteiger partial charge in [0.25, 0.3) is 0 Å². The van der Waals surface area contributed by atoms with Crippen molar-refractivity contribution in [1.82, 2.24) is 9.97 Å². The highest BCUT2D eigenvalue weighted by Crippen LogP contribution is 2.15. The van der Waals surface area contributed by atoms with Crippen LogP contribution in [0, 0.1) is 17.0 Å². The molecular formula is C11H11N5O3S. The van der Waals surface area contributed by atoms with Gasteiger partial charge in [-0.3, -0.25) is 15.5 Å². The molecule has 2 aromatic rings. The number of nitro groups is 1. The van der Waals surface area contributed by atoms with Crippen LogP contribution >= 0.6 is 11.8 Å². The third-order valence-corrected chi connectivity index (χ3v) is 2.73. The van der Waals surface area contributed by atoms with Gasteiger partial charge < -0.3 is 4.42 Å². The number of aromatic nitrogens is 2. The van der Waals surface area contributed by atoms with Gasteiger partial charge in [0, 0.05) is 11.8 Å². The Morgan fingerprint density at radius 2 is 2.30 bits per heavy atom. The molecule has 2 heterocycles. The molecule has 8 nitrogen and oxygen atoms in total. The molecule has 0 unspecified atom stereocenters. The van der Waals surface area contributed by atoms with Gasteiger partial charge in [0.2, 0.25) is 0 Å². The first-order valence-electron chi connectivity index (χ1n) is 5.51. The number of aryl methyl sites for hydroxylation is 1. The van der Waals surface area contributed by atoms with Gasteiger partial charge in [-0.05, 0) is 19.2 Å². The summed E-state index contributed by atoms with van der Waals surface area (Å²) in [6, 6.07) is 4.46. The summed E-state index contributed by atoms with van der Waals surface area (Å²) in [7, 11) is 0. The Bertz CT molecular complexity index is 655. The van der Waals surface area contributed by atoms with E-state index < -0.39 is 4.92 Å². The maximum absolute atomic E-state index is 10.4. The van der Waals surface area contributed by atoms with Crippen molar-refractivity contribution >= 4 is 29.7 Å². The van der Waals surface area contributed by atoms with Gasteiger partial charge in [0.15, 0.2) is 16.7 Å². The molecule has 0 aliphatic carbocycles. The first-order chi connectivity index (χ1) is 9.58. The molecule has 0 saturated heterocycles. The van der Waals surface area contributed by atoms with E-state index in [1.807, 2.05) is 13.2 Å². The van der Waals surface area contributed by atoms with E-state index in [4.69, 9.17) is 4.42 Å². The molecular weight excluding hydrogens is 282 g/mol. The van der Waals surface area contributed by atoms with Crippen molar-refractivity contribution in [2.75, 3.05) is 11.7 Å². The molecule has 0 amide bonds. The Morgan fingerprint density at radius 3 is 2.95 bits per heavy atom. The number of nitrogens with zero attached hydrogens (tertiary/aromatic N) is 4. The standard InChI is InChI=1S/C11H11N5O3S/c1-7-5-9(14-11(13-7)20-2)15-12-6-8-3-4-10(19-8)16(17)18/h3-6H,1-2H3,(H,13,14,15)/b12-6+. The van der Waals surface area contributed by atoms with Crippen molar-refractivity contribution in [1.29, 1.82) is 0 Å². The van der Waals surface area contributed by atoms with Crippen molar-refractivity contribution in [3.8, 4) is 0 Å². The summed E-state index contributed by atoms with van der Waals surface area (Å²) in [4.78, 5) is 18.3. The van der Waals surface area contributed by atoms with E-state index in [2.05, 4.69) is 20.5 Å². The Balaban J connectivity index is 2.05. The largest absolute Gasteiger partial charge is 0.433 e. The first-order valence-corrected chi connectivity index (χ1v) is 6.74. The summed E-state index contributed by atoms with van der Waals surface area (Å²) in [6.07, 6.45) is 3.22. The normalized spacial score (nSPS) is 10.9. The van der Waals surface area contributed by atoms with Gasteiger partial charge in [-0.2, -0.15) is 5.10 Å². The maximum Gasteiger partial charge on any atom is 0.433 e. The highest BCUT2D eigenvalue weighted by molar-refractivity contribution is 7.98. The lowest BCUT2D eigenvalue weighted by Gasteiger charge is -2.02. The topological polar surface area (TPSA) is 106 Å². The fourth-order valence-electron chi connectivity index (χ4n) is 1.36. The number of furan rings is 1. The Labute approximate surface area is 118 Å². The van der Waals surface area contributed by atoms with Crippen LogP contribution in [0.2, 0.25) is 0 Å². The van der Waals surface area contributed by atoms with E-state index in [0.717, 1.165) is 5.69 Å². The average Bonchev–Trinajstić information content (AvgIpc) is 2.87. The predicted octanol–water partition coefficient (Wildman–Crippen LogP) is 2.45. The molecule has 0 aliphatic rings. The summed E-state index contributed by atoms with van der Waals surface area (Å²) < 4.78 is 4.93. The highest BCUT2D eigenvalue weighted by Gasteiger charge is 2.10. The fourth-order valence-corrected chi connectivity index (χ4v) is 1.79. The van der Waals surface area contributed by atoms with Crippen molar-refractivity contribution in [2.24, 2.45) is 5.10 Å². The average molecular weight is 293 g/mol. The monoisotopic (exact) mass is 293 g/mol. The van der Waals surface area contributed by atoms with Crippen molar-refractivity contribution in [2.45, 2.75) is 12.1 Å². The van der Waals surface area contributed by atoms with Gasteiger partial charge in [0.05, 0.1) is 12.3 Å². The Hall–Kier alpha value is -2.42. The van der Waals surface area contributed by atoms with Crippen LogP contribution in [-0.2, 0) is 0 Å². The molecule has 0 saturated carbocycles. The first kappa shape index (κ1) is 14.0. The number of nitrogens with one attached hydrogen (secondary N) is 1. The summed E-state index contributed by atoms with van der Waals surface area (Å²) in [5.41, 5.74) is 3.54. The molecule has 0 aliphatic heterocycles. The molecule has 0 spiro atoms. The molecule has 2 rings (SSSR count). The maximum atomic E-state index is 10.4. The zero-order chi connectivity index (χ0) is 14.5. The lowest BCUT2D eigenvalue weighted by atomic mass is 10.4. The molecule has 20 heavy (non-hydrogen) atoms. The lowest BCUT2D eigenvalue weighted by molar-refractivity contribution is -0.402. The molecule has 0 radical (unpaired) electrons. The minimum absolute atomic E-state index is 0.278. The quantitative estimate of drug-likeness (QED) is 0.296. The summed E-state index contributed by atoms with van der Waals surface area (Å²) in [5.74, 6) is 0.494. The second-order valence-electron chi connectivity index (χ2n) is 3.68. The zero-order valence-corrected chi connectivity index (χ0v) is 11.5. The lowest BCUT2D eigenvalue weighted by Crippen LogP contribution is -1.97. The molecule has 0 atom stereocenters. The second-order valence-corrected chi connectivity index (χ2v) is 4.46. The molecule has 104 valence electrons. The molecule has 0 fully saturated rings. The summed E-state index contributed by atoms with van der Waals surface area (Å²) >= 11 is 1.43. The van der Waals surface area contributed by atoms with Gasteiger partial charge in [-0.1, -0.05) is 11.8 Å². The van der Waals surface area contributed by atoms with Gasteiger partial charge in [0.1, 0.15) is 4.92 Å². The predicted molar refractivity (Wildman–Crippen MR) is 75.1 cm³/mol. The molecule has 2 aromatic heterocycles. The number of hydrazone groups is 1. The SMILES string of the molecule is CSc1nc(C)cc(N/N=C/c2ccc([N+](=O)[O-])o2)n1. The van der Waals surface area contributed by atoms with Crippen molar-refractivity contribution in [3.63, 3.8) is 0 Å². The van der Waals surface area contributed by atoms with Crippen molar-refractivity contribution in [3.05, 3.63) is 39.8 Å². The van der Waals surface area contributed by atoms with E-state index in [1.54, 1.807) is 6.07 Å². The summed E-state index contributed by atoms with van der Waals surface area (Å²) in [5, 5.41) is 15.0. The second kappa shape index (κ2) is 6.15. The van der Waals surface area contributed by atoms with Crippen LogP contribution in [0.15, 0.2) is 32.9 Å². The van der Waals surface area contributed by atoms with E-state index in [1.165, 1.54) is 30.1 Å². The van der Waals surface area contributed by atoms with E-state index >= 15 is 0 Å². The van der Waals surface area contributed by atoms with E-state index in [-0.39, 0.29) is 11.6 Å². The molecule has 0 bridgehead atoms. The highest BCUT2D eigenvalue weighted by atomic mass is 32.2. The molecule has 0 aromatic carbocycles. The van der Waals surface area contributed by atoms with Gasteiger partial charge >= 0.3 is 5.88 Å². The minimum atomic E-state index is -0.608. The number of hydrogen-bond acceptors (Lipinski definition) is 8. The molecule has 9 heteroatoms. The van der Waals surface area contributed by atoms with Crippen LogP contribution in [0.3, 0.4) is 0 Å². The smallest absolute Gasteiger partial charge is 0.400 e. The number of thioether (sulfide) groups is 1. The Morgan fingerprint density at radius 1 is 1.50 bits per heavy atom. The zero-order valence-electron chi connectivity index (χ0n) is 10.7. The van der Waals surface area contributed by atoms with Gasteiger partial charge in [-0.25, -0.2) is 9.97 Å². The minimum Gasteiger partial charge on any atom is -0.400 e.